The number of nitrogens with one attached hydrogen (secondary N) is 1. The Morgan fingerprint density at radius 2 is 2.05 bits per heavy atom. The molecule has 0 saturated heterocycles. The zero-order chi connectivity index (χ0) is 14.9. The number of amides is 1. The molecule has 1 aromatic heterocycles. The van der Waals surface area contributed by atoms with Crippen molar-refractivity contribution >= 4 is 17.0 Å². The molecule has 1 amide bonds. The van der Waals surface area contributed by atoms with Crippen molar-refractivity contribution in [3.63, 3.8) is 0 Å². The van der Waals surface area contributed by atoms with Gasteiger partial charge in [-0.2, -0.15) is 0 Å². The molecule has 108 valence electrons. The summed E-state index contributed by atoms with van der Waals surface area (Å²) in [5, 5.41) is 2.88. The number of aryl methyl sites for hydroxylation is 1. The average Bonchev–Trinajstić information content (AvgIpc) is 2.60. The number of benzene rings is 1. The van der Waals surface area contributed by atoms with Crippen LogP contribution in [-0.2, 0) is 18.4 Å². The van der Waals surface area contributed by atoms with Crippen molar-refractivity contribution in [2.24, 2.45) is 12.5 Å². The van der Waals surface area contributed by atoms with Gasteiger partial charge in [-0.3, -0.25) is 9.36 Å². The molecule has 0 aliphatic heterocycles. The lowest BCUT2D eigenvalue weighted by molar-refractivity contribution is -0.122. The van der Waals surface area contributed by atoms with E-state index in [9.17, 15) is 9.59 Å². The second kappa shape index (κ2) is 5.15. The topological polar surface area (TPSA) is 64.2 Å². The molecule has 0 fully saturated rings. The van der Waals surface area contributed by atoms with E-state index in [1.807, 2.05) is 32.9 Å². The fourth-order valence-electron chi connectivity index (χ4n) is 2.03. The largest absolute Gasteiger partial charge is 0.419 e. The normalized spacial score (nSPS) is 11.8. The van der Waals surface area contributed by atoms with Gasteiger partial charge in [-0.15, -0.1) is 0 Å². The van der Waals surface area contributed by atoms with Gasteiger partial charge in [0.05, 0.1) is 5.52 Å². The highest BCUT2D eigenvalue weighted by Gasteiger charge is 2.15. The monoisotopic (exact) mass is 276 g/mol. The number of nitrogens with zero attached hydrogens (tertiary/aromatic N) is 1. The average molecular weight is 276 g/mol. The molecule has 1 heterocycles. The van der Waals surface area contributed by atoms with Gasteiger partial charge in [-0.25, -0.2) is 4.79 Å². The van der Waals surface area contributed by atoms with E-state index in [0.29, 0.717) is 18.5 Å². The number of hydrogen-bond acceptors (Lipinski definition) is 3. The molecule has 0 atom stereocenters. The zero-order valence-electron chi connectivity index (χ0n) is 12.3. The Kier molecular flexibility index (Phi) is 3.70. The van der Waals surface area contributed by atoms with Gasteiger partial charge in [-0.05, 0) is 23.1 Å². The Balaban J connectivity index is 2.07. The number of aromatic nitrogens is 1. The second-order valence-electron chi connectivity index (χ2n) is 6.24. The minimum atomic E-state index is -0.381. The van der Waals surface area contributed by atoms with Crippen LogP contribution in [0.2, 0.25) is 0 Å². The van der Waals surface area contributed by atoms with E-state index in [1.165, 1.54) is 4.57 Å². The summed E-state index contributed by atoms with van der Waals surface area (Å²) in [7, 11) is 1.67. The first kappa shape index (κ1) is 14.4. The van der Waals surface area contributed by atoms with Crippen LogP contribution in [0.4, 0.5) is 0 Å². The molecule has 0 saturated carbocycles. The zero-order valence-corrected chi connectivity index (χ0v) is 12.3. The molecule has 0 aliphatic rings. The van der Waals surface area contributed by atoms with E-state index >= 15 is 0 Å². The summed E-state index contributed by atoms with van der Waals surface area (Å²) in [6, 6.07) is 5.49. The van der Waals surface area contributed by atoms with E-state index in [1.54, 1.807) is 13.1 Å². The molecule has 5 nitrogen and oxygen atoms in total. The first-order valence-electron chi connectivity index (χ1n) is 6.61. The van der Waals surface area contributed by atoms with Crippen LogP contribution in [0.3, 0.4) is 0 Å². The Labute approximate surface area is 117 Å². The van der Waals surface area contributed by atoms with Crippen LogP contribution in [0.15, 0.2) is 27.4 Å². The molecule has 2 rings (SSSR count). The van der Waals surface area contributed by atoms with Crippen molar-refractivity contribution in [2.45, 2.75) is 33.7 Å². The van der Waals surface area contributed by atoms with Crippen molar-refractivity contribution in [1.29, 1.82) is 0 Å². The highest BCUT2D eigenvalue weighted by Crippen LogP contribution is 2.18. The molecule has 0 bridgehead atoms. The van der Waals surface area contributed by atoms with Crippen molar-refractivity contribution < 1.29 is 9.21 Å². The summed E-state index contributed by atoms with van der Waals surface area (Å²) in [5.41, 5.74) is 2.18. The molecule has 0 aliphatic carbocycles. The smallest absolute Gasteiger partial charge is 0.408 e. The standard InChI is InChI=1S/C15H20N2O3/c1-15(2,3)8-13(18)16-9-10-5-6-11-12(7-10)20-14(19)17(11)4/h5-7H,8-9H2,1-4H3,(H,16,18). The fourth-order valence-corrected chi connectivity index (χ4v) is 2.03. The fraction of sp³-hybridized carbons (Fsp3) is 0.467. The summed E-state index contributed by atoms with van der Waals surface area (Å²) in [4.78, 5) is 23.2. The van der Waals surface area contributed by atoms with Gasteiger partial charge in [-0.1, -0.05) is 26.8 Å². The van der Waals surface area contributed by atoms with Gasteiger partial charge >= 0.3 is 5.76 Å². The van der Waals surface area contributed by atoms with Crippen molar-refractivity contribution in [3.8, 4) is 0 Å². The highest BCUT2D eigenvalue weighted by molar-refractivity contribution is 5.77. The molecule has 5 heteroatoms. The van der Waals surface area contributed by atoms with Crippen LogP contribution in [0.5, 0.6) is 0 Å². The van der Waals surface area contributed by atoms with Gasteiger partial charge in [0.15, 0.2) is 5.58 Å². The highest BCUT2D eigenvalue weighted by atomic mass is 16.4. The van der Waals surface area contributed by atoms with Crippen molar-refractivity contribution in [2.75, 3.05) is 0 Å². The molecule has 2 aromatic rings. The van der Waals surface area contributed by atoms with Gasteiger partial charge in [0.25, 0.3) is 0 Å². The number of oxazole rings is 1. The molecule has 0 unspecified atom stereocenters. The lowest BCUT2D eigenvalue weighted by atomic mass is 9.92. The van der Waals surface area contributed by atoms with E-state index in [2.05, 4.69) is 5.32 Å². The minimum Gasteiger partial charge on any atom is -0.408 e. The number of rotatable bonds is 3. The third kappa shape index (κ3) is 3.29. The first-order chi connectivity index (χ1) is 9.26. The summed E-state index contributed by atoms with van der Waals surface area (Å²) in [6.45, 7) is 6.51. The first-order valence-corrected chi connectivity index (χ1v) is 6.61. The van der Waals surface area contributed by atoms with E-state index in [4.69, 9.17) is 4.42 Å². The molecular weight excluding hydrogens is 256 g/mol. The molecule has 20 heavy (non-hydrogen) atoms. The Morgan fingerprint density at radius 3 is 2.70 bits per heavy atom. The molecule has 0 spiro atoms. The van der Waals surface area contributed by atoms with Gasteiger partial charge in [0.2, 0.25) is 5.91 Å². The van der Waals surface area contributed by atoms with Gasteiger partial charge in [0.1, 0.15) is 0 Å². The van der Waals surface area contributed by atoms with Crippen LogP contribution in [0.1, 0.15) is 32.8 Å². The third-order valence-electron chi connectivity index (χ3n) is 3.04. The SMILES string of the molecule is Cn1c(=O)oc2cc(CNC(=O)CC(C)(C)C)ccc21. The molecule has 0 radical (unpaired) electrons. The maximum absolute atomic E-state index is 11.8. The second-order valence-corrected chi connectivity index (χ2v) is 6.24. The maximum Gasteiger partial charge on any atom is 0.419 e. The Hall–Kier alpha value is -2.04. The Bertz CT molecular complexity index is 689. The van der Waals surface area contributed by atoms with Crippen LogP contribution in [0, 0.1) is 5.41 Å². The quantitative estimate of drug-likeness (QED) is 0.934. The number of hydrogen-bond donors (Lipinski definition) is 1. The van der Waals surface area contributed by atoms with Crippen molar-refractivity contribution in [1.82, 2.24) is 9.88 Å². The lowest BCUT2D eigenvalue weighted by Gasteiger charge is -2.17. The molecule has 1 aromatic carbocycles. The summed E-state index contributed by atoms with van der Waals surface area (Å²) < 4.78 is 6.58. The van der Waals surface area contributed by atoms with E-state index in [-0.39, 0.29) is 17.1 Å². The number of carbonyl (C=O) groups excluding carboxylic acids is 1. The minimum absolute atomic E-state index is 0.0205. The summed E-state index contributed by atoms with van der Waals surface area (Å²) in [6.07, 6.45) is 0.482. The molecule has 1 N–H and O–H groups in total. The predicted octanol–water partition coefficient (Wildman–Crippen LogP) is 2.18. The van der Waals surface area contributed by atoms with Crippen molar-refractivity contribution in [3.05, 3.63) is 34.3 Å². The lowest BCUT2D eigenvalue weighted by Crippen LogP contribution is -2.27. The number of carbonyl (C=O) groups is 1. The Morgan fingerprint density at radius 1 is 1.35 bits per heavy atom. The summed E-state index contributed by atoms with van der Waals surface area (Å²) in [5.74, 6) is -0.360. The maximum atomic E-state index is 11.8. The predicted molar refractivity (Wildman–Crippen MR) is 77.4 cm³/mol. The van der Waals surface area contributed by atoms with E-state index < -0.39 is 0 Å². The van der Waals surface area contributed by atoms with Crippen LogP contribution in [0.25, 0.3) is 11.1 Å². The van der Waals surface area contributed by atoms with Gasteiger partial charge < -0.3 is 9.73 Å². The third-order valence-corrected chi connectivity index (χ3v) is 3.04. The van der Waals surface area contributed by atoms with Crippen LogP contribution >= 0.6 is 0 Å². The number of fused-ring (bicyclic) bond motifs is 1. The van der Waals surface area contributed by atoms with Crippen LogP contribution in [-0.4, -0.2) is 10.5 Å². The van der Waals surface area contributed by atoms with Gasteiger partial charge in [0, 0.05) is 20.0 Å². The van der Waals surface area contributed by atoms with E-state index in [0.717, 1.165) is 11.1 Å². The summed E-state index contributed by atoms with van der Waals surface area (Å²) >= 11 is 0. The van der Waals surface area contributed by atoms with Crippen LogP contribution < -0.4 is 11.1 Å². The molecular formula is C15H20N2O3.